The van der Waals surface area contributed by atoms with Crippen molar-refractivity contribution in [2.45, 2.75) is 19.9 Å². The summed E-state index contributed by atoms with van der Waals surface area (Å²) in [6.45, 7) is 3.61. The monoisotopic (exact) mass is 265 g/mol. The van der Waals surface area contributed by atoms with E-state index in [1.165, 1.54) is 13.2 Å². The zero-order valence-electron chi connectivity index (χ0n) is 11.3. The number of benzene rings is 1. The van der Waals surface area contributed by atoms with Gasteiger partial charge < -0.3 is 21.5 Å². The molecule has 1 aromatic carbocycles. The van der Waals surface area contributed by atoms with Crippen LogP contribution in [0.3, 0.4) is 0 Å². The maximum absolute atomic E-state index is 12.0. The van der Waals surface area contributed by atoms with Gasteiger partial charge in [0.1, 0.15) is 11.8 Å². The average molecular weight is 265 g/mol. The van der Waals surface area contributed by atoms with Crippen LogP contribution >= 0.6 is 0 Å². The molecule has 0 fully saturated rings. The van der Waals surface area contributed by atoms with Crippen molar-refractivity contribution in [3.05, 3.63) is 23.8 Å². The molecule has 1 rings (SSSR count). The van der Waals surface area contributed by atoms with Gasteiger partial charge in [0.15, 0.2) is 0 Å². The first-order valence-corrected chi connectivity index (χ1v) is 5.90. The van der Waals surface area contributed by atoms with Gasteiger partial charge in [-0.2, -0.15) is 0 Å². The fourth-order valence-corrected chi connectivity index (χ4v) is 1.67. The van der Waals surface area contributed by atoms with Gasteiger partial charge in [0.05, 0.1) is 12.8 Å². The highest BCUT2D eigenvalue weighted by Gasteiger charge is 2.22. The lowest BCUT2D eigenvalue weighted by molar-refractivity contribution is -0.120. The van der Waals surface area contributed by atoms with Gasteiger partial charge >= 0.3 is 0 Å². The van der Waals surface area contributed by atoms with E-state index in [-0.39, 0.29) is 5.92 Å². The van der Waals surface area contributed by atoms with E-state index in [0.717, 1.165) is 0 Å². The van der Waals surface area contributed by atoms with Gasteiger partial charge in [0.25, 0.3) is 5.91 Å². The minimum atomic E-state index is -0.712. The molecular formula is C13H19N3O3. The molecule has 0 aliphatic carbocycles. The number of hydrogen-bond donors (Lipinski definition) is 3. The minimum Gasteiger partial charge on any atom is -0.495 e. The number of nitrogens with one attached hydrogen (secondary N) is 1. The van der Waals surface area contributed by atoms with E-state index in [0.29, 0.717) is 17.0 Å². The first kappa shape index (κ1) is 14.8. The molecule has 0 heterocycles. The summed E-state index contributed by atoms with van der Waals surface area (Å²) in [6, 6.07) is 3.95. The molecule has 104 valence electrons. The molecule has 1 unspecified atom stereocenters. The average Bonchev–Trinajstić information content (AvgIpc) is 2.34. The number of rotatable bonds is 5. The normalized spacial score (nSPS) is 12.0. The Hall–Kier alpha value is -2.24. The van der Waals surface area contributed by atoms with E-state index in [2.05, 4.69) is 5.32 Å². The van der Waals surface area contributed by atoms with Gasteiger partial charge in [-0.15, -0.1) is 0 Å². The highest BCUT2D eigenvalue weighted by Crippen LogP contribution is 2.21. The molecule has 0 aromatic heterocycles. The van der Waals surface area contributed by atoms with Crippen LogP contribution < -0.4 is 21.5 Å². The molecule has 1 aromatic rings. The SMILES string of the molecule is COc1ccc(C(=O)NC(C(N)=O)C(C)C)cc1N. The number of carbonyl (C=O) groups excluding carboxylic acids is 2. The van der Waals surface area contributed by atoms with Crippen LogP contribution in [-0.2, 0) is 4.79 Å². The number of hydrogen-bond acceptors (Lipinski definition) is 4. The Bertz CT molecular complexity index is 486. The van der Waals surface area contributed by atoms with E-state index in [9.17, 15) is 9.59 Å². The Kier molecular flexibility index (Phi) is 4.74. The molecule has 2 amide bonds. The molecule has 0 radical (unpaired) electrons. The van der Waals surface area contributed by atoms with Gasteiger partial charge in [0.2, 0.25) is 5.91 Å². The molecule has 6 heteroatoms. The summed E-state index contributed by atoms with van der Waals surface area (Å²) in [5.74, 6) is -0.555. The second-order valence-electron chi connectivity index (χ2n) is 4.55. The Labute approximate surface area is 112 Å². The highest BCUT2D eigenvalue weighted by molar-refractivity contribution is 5.98. The first-order valence-electron chi connectivity index (χ1n) is 5.90. The zero-order valence-corrected chi connectivity index (χ0v) is 11.3. The molecule has 0 saturated heterocycles. The van der Waals surface area contributed by atoms with Crippen molar-refractivity contribution >= 4 is 17.5 Å². The highest BCUT2D eigenvalue weighted by atomic mass is 16.5. The Morgan fingerprint density at radius 3 is 2.37 bits per heavy atom. The van der Waals surface area contributed by atoms with Crippen molar-refractivity contribution < 1.29 is 14.3 Å². The predicted molar refractivity (Wildman–Crippen MR) is 72.7 cm³/mol. The summed E-state index contributed by atoms with van der Waals surface area (Å²) in [5.41, 5.74) is 11.7. The largest absolute Gasteiger partial charge is 0.495 e. The molecule has 0 aliphatic rings. The third kappa shape index (κ3) is 3.61. The van der Waals surface area contributed by atoms with Gasteiger partial charge in [-0.1, -0.05) is 13.8 Å². The maximum atomic E-state index is 12.0. The summed E-state index contributed by atoms with van der Waals surface area (Å²) >= 11 is 0. The summed E-state index contributed by atoms with van der Waals surface area (Å²) in [4.78, 5) is 23.2. The Morgan fingerprint density at radius 2 is 1.95 bits per heavy atom. The number of nitrogen functional groups attached to an aromatic ring is 1. The van der Waals surface area contributed by atoms with Crippen molar-refractivity contribution in [3.63, 3.8) is 0 Å². The standard InChI is InChI=1S/C13H19N3O3/c1-7(2)11(12(15)17)16-13(18)8-4-5-10(19-3)9(14)6-8/h4-7,11H,14H2,1-3H3,(H2,15,17)(H,16,18). The second-order valence-corrected chi connectivity index (χ2v) is 4.55. The van der Waals surface area contributed by atoms with Crippen LogP contribution in [0.15, 0.2) is 18.2 Å². The van der Waals surface area contributed by atoms with Crippen LogP contribution in [0.4, 0.5) is 5.69 Å². The summed E-state index contributed by atoms with van der Waals surface area (Å²) in [7, 11) is 1.49. The number of amides is 2. The smallest absolute Gasteiger partial charge is 0.252 e. The molecule has 0 bridgehead atoms. The molecular weight excluding hydrogens is 246 g/mol. The molecule has 0 aliphatic heterocycles. The maximum Gasteiger partial charge on any atom is 0.252 e. The van der Waals surface area contributed by atoms with Crippen molar-refractivity contribution in [3.8, 4) is 5.75 Å². The molecule has 19 heavy (non-hydrogen) atoms. The number of primary amides is 1. The fraction of sp³-hybridized carbons (Fsp3) is 0.385. The lowest BCUT2D eigenvalue weighted by atomic mass is 10.0. The number of nitrogens with two attached hydrogens (primary N) is 2. The number of anilines is 1. The van der Waals surface area contributed by atoms with Crippen LogP contribution in [0.25, 0.3) is 0 Å². The lowest BCUT2D eigenvalue weighted by Gasteiger charge is -2.19. The third-order valence-corrected chi connectivity index (χ3v) is 2.75. The minimum absolute atomic E-state index is 0.0861. The van der Waals surface area contributed by atoms with E-state index in [4.69, 9.17) is 16.2 Å². The molecule has 5 N–H and O–H groups in total. The molecule has 0 spiro atoms. The van der Waals surface area contributed by atoms with E-state index in [1.807, 2.05) is 0 Å². The fourth-order valence-electron chi connectivity index (χ4n) is 1.67. The summed E-state index contributed by atoms with van der Waals surface area (Å²) in [6.07, 6.45) is 0. The van der Waals surface area contributed by atoms with Gasteiger partial charge in [0, 0.05) is 5.56 Å². The van der Waals surface area contributed by atoms with Gasteiger partial charge in [-0.05, 0) is 24.1 Å². The van der Waals surface area contributed by atoms with Crippen LogP contribution in [0, 0.1) is 5.92 Å². The van der Waals surface area contributed by atoms with Crippen LogP contribution in [0.2, 0.25) is 0 Å². The van der Waals surface area contributed by atoms with Crippen molar-refractivity contribution in [1.82, 2.24) is 5.32 Å². The summed E-state index contributed by atoms with van der Waals surface area (Å²) in [5, 5.41) is 2.59. The molecule has 6 nitrogen and oxygen atoms in total. The number of methoxy groups -OCH3 is 1. The van der Waals surface area contributed by atoms with Crippen molar-refractivity contribution in [2.24, 2.45) is 11.7 Å². The predicted octanol–water partition coefficient (Wildman–Crippen LogP) is 0.517. The lowest BCUT2D eigenvalue weighted by Crippen LogP contribution is -2.47. The third-order valence-electron chi connectivity index (χ3n) is 2.75. The first-order chi connectivity index (χ1) is 8.86. The quantitative estimate of drug-likeness (QED) is 0.674. The van der Waals surface area contributed by atoms with Crippen LogP contribution in [-0.4, -0.2) is 25.0 Å². The Morgan fingerprint density at radius 1 is 1.32 bits per heavy atom. The van der Waals surface area contributed by atoms with Crippen LogP contribution in [0.1, 0.15) is 24.2 Å². The topological polar surface area (TPSA) is 107 Å². The summed E-state index contributed by atoms with van der Waals surface area (Å²) < 4.78 is 5.01. The van der Waals surface area contributed by atoms with E-state index >= 15 is 0 Å². The zero-order chi connectivity index (χ0) is 14.6. The second kappa shape index (κ2) is 6.08. The van der Waals surface area contributed by atoms with E-state index in [1.54, 1.807) is 26.0 Å². The molecule has 1 atom stereocenters. The van der Waals surface area contributed by atoms with Crippen molar-refractivity contribution in [2.75, 3.05) is 12.8 Å². The van der Waals surface area contributed by atoms with Gasteiger partial charge in [-0.3, -0.25) is 9.59 Å². The Balaban J connectivity index is 2.89. The van der Waals surface area contributed by atoms with Crippen LogP contribution in [0.5, 0.6) is 5.75 Å². The number of ether oxygens (including phenoxy) is 1. The molecule has 0 saturated carbocycles. The van der Waals surface area contributed by atoms with E-state index < -0.39 is 17.9 Å². The number of carbonyl (C=O) groups is 2. The van der Waals surface area contributed by atoms with Gasteiger partial charge in [-0.25, -0.2) is 0 Å². The van der Waals surface area contributed by atoms with Crippen molar-refractivity contribution in [1.29, 1.82) is 0 Å².